The molecule has 0 saturated heterocycles. The Balaban J connectivity index is 0.000000183. The van der Waals surface area contributed by atoms with Crippen LogP contribution in [0.3, 0.4) is 0 Å². The Bertz CT molecular complexity index is 1040. The Morgan fingerprint density at radius 1 is 0.478 bits per heavy atom. The lowest BCUT2D eigenvalue weighted by Gasteiger charge is -2.28. The van der Waals surface area contributed by atoms with Gasteiger partial charge in [-0.15, -0.1) is 0 Å². The maximum Gasteiger partial charge on any atom is 0.309 e. The Morgan fingerprint density at radius 2 is 0.957 bits per heavy atom. The highest BCUT2D eigenvalue weighted by atomic mass is 32.1. The number of thiol groups is 3. The summed E-state index contributed by atoms with van der Waals surface area (Å²) in [6.45, 7) is 17.4. The Labute approximate surface area is 296 Å². The summed E-state index contributed by atoms with van der Waals surface area (Å²) in [5, 5.41) is 0.940. The van der Waals surface area contributed by atoms with Crippen LogP contribution in [0.2, 0.25) is 0 Å². The molecule has 6 nitrogen and oxygen atoms in total. The first-order chi connectivity index (χ1) is 21.2. The second kappa shape index (κ2) is 16.0. The van der Waals surface area contributed by atoms with E-state index in [1.807, 2.05) is 62.3 Å². The lowest BCUT2D eigenvalue weighted by atomic mass is 9.88. The van der Waals surface area contributed by atoms with Crippen LogP contribution in [-0.4, -0.2) is 51.5 Å². The van der Waals surface area contributed by atoms with E-state index in [0.29, 0.717) is 34.2 Å². The molecule has 6 rings (SSSR count). The quantitative estimate of drug-likeness (QED) is 0.155. The van der Waals surface area contributed by atoms with Gasteiger partial charge in [-0.25, -0.2) is 0 Å². The van der Waals surface area contributed by atoms with Crippen molar-refractivity contribution in [3.63, 3.8) is 0 Å². The first kappa shape index (κ1) is 39.9. The highest BCUT2D eigenvalue weighted by molar-refractivity contribution is 7.81. The van der Waals surface area contributed by atoms with Gasteiger partial charge in [0.1, 0.15) is 16.8 Å². The summed E-state index contributed by atoms with van der Waals surface area (Å²) in [6, 6.07) is 0. The van der Waals surface area contributed by atoms with Crippen molar-refractivity contribution < 1.29 is 28.6 Å². The van der Waals surface area contributed by atoms with E-state index in [-0.39, 0.29) is 52.5 Å². The fourth-order valence-electron chi connectivity index (χ4n) is 8.78. The van der Waals surface area contributed by atoms with Gasteiger partial charge in [0, 0.05) is 10.5 Å². The number of carbonyl (C=O) groups excluding carboxylic acids is 3. The molecule has 6 aliphatic carbocycles. The molecule has 6 bridgehead atoms. The van der Waals surface area contributed by atoms with Crippen LogP contribution in [0.25, 0.3) is 0 Å². The average molecular weight is 701 g/mol. The van der Waals surface area contributed by atoms with Crippen molar-refractivity contribution in [1.82, 2.24) is 0 Å². The standard InChI is InChI=1S/2C12H20O2S.C12H20O2.CH4S/c1-12(2,3)14-11(13)9-5-8-4-7(9)6-10(8)15;1-12(2,3)14-11(13)9-5-7-4-8(9)10(15)6-7;1-12(2,3)14-11(13)10-7-8-4-5-9(10)6-8;1-2/h2*7-10,15H,4-6H2,1-3H3;8-10H,4-7H2,1-3H3;2H,1H3. The fraction of sp³-hybridized carbons (Fsp3) is 0.919. The van der Waals surface area contributed by atoms with Crippen molar-refractivity contribution in [1.29, 1.82) is 0 Å². The number of rotatable bonds is 3. The molecular formula is C37H64O6S3. The minimum Gasteiger partial charge on any atom is -0.460 e. The molecule has 11 unspecified atom stereocenters. The number of hydrogen-bond donors (Lipinski definition) is 3. The van der Waals surface area contributed by atoms with E-state index in [9.17, 15) is 14.4 Å². The van der Waals surface area contributed by atoms with Crippen molar-refractivity contribution >= 4 is 55.8 Å². The van der Waals surface area contributed by atoms with E-state index in [0.717, 1.165) is 37.5 Å². The van der Waals surface area contributed by atoms with Crippen molar-refractivity contribution in [3.8, 4) is 0 Å². The van der Waals surface area contributed by atoms with Crippen LogP contribution in [0.15, 0.2) is 0 Å². The van der Waals surface area contributed by atoms with Crippen LogP contribution < -0.4 is 0 Å². The van der Waals surface area contributed by atoms with E-state index in [1.165, 1.54) is 38.5 Å². The predicted molar refractivity (Wildman–Crippen MR) is 196 cm³/mol. The number of carbonyl (C=O) groups is 3. The topological polar surface area (TPSA) is 78.9 Å². The lowest BCUT2D eigenvalue weighted by molar-refractivity contribution is -0.162. The molecule has 266 valence electrons. The molecule has 0 aromatic heterocycles. The Kier molecular flexibility index (Phi) is 13.9. The summed E-state index contributed by atoms with van der Waals surface area (Å²) in [5.41, 5.74) is -1.02. The van der Waals surface area contributed by atoms with E-state index in [1.54, 1.807) is 6.26 Å². The SMILES string of the molecule is CC(C)(C)OC(=O)C1CC2CC(S)C1C2.CC(C)(C)OC(=O)C1CC2CC1CC2S.CC(C)(C)OC(=O)C1CC2CCC1C2.CS. The minimum atomic E-state index is -0.356. The highest BCUT2D eigenvalue weighted by Crippen LogP contribution is 2.52. The summed E-state index contributed by atoms with van der Waals surface area (Å²) >= 11 is 12.6. The second-order valence-electron chi connectivity index (χ2n) is 17.7. The van der Waals surface area contributed by atoms with Gasteiger partial charge in [-0.2, -0.15) is 37.9 Å². The molecule has 0 heterocycles. The van der Waals surface area contributed by atoms with Gasteiger partial charge in [0.15, 0.2) is 0 Å². The molecule has 6 aliphatic rings. The van der Waals surface area contributed by atoms with Crippen molar-refractivity contribution in [2.45, 2.75) is 154 Å². The van der Waals surface area contributed by atoms with Crippen LogP contribution in [-0.2, 0) is 28.6 Å². The molecule has 0 aromatic carbocycles. The molecule has 46 heavy (non-hydrogen) atoms. The monoisotopic (exact) mass is 700 g/mol. The van der Waals surface area contributed by atoms with Crippen molar-refractivity contribution in [3.05, 3.63) is 0 Å². The molecule has 9 heteroatoms. The summed E-state index contributed by atoms with van der Waals surface area (Å²) in [5.74, 6) is 4.35. The van der Waals surface area contributed by atoms with Crippen molar-refractivity contribution in [2.75, 3.05) is 6.26 Å². The third-order valence-corrected chi connectivity index (χ3v) is 11.7. The highest BCUT2D eigenvalue weighted by Gasteiger charge is 2.50. The van der Waals surface area contributed by atoms with E-state index in [2.05, 4.69) is 37.9 Å². The fourth-order valence-corrected chi connectivity index (χ4v) is 9.93. The van der Waals surface area contributed by atoms with Gasteiger partial charge in [0.2, 0.25) is 0 Å². The van der Waals surface area contributed by atoms with Gasteiger partial charge in [-0.3, -0.25) is 14.4 Å². The lowest BCUT2D eigenvalue weighted by Crippen LogP contribution is -2.34. The van der Waals surface area contributed by atoms with Crippen LogP contribution >= 0.6 is 37.9 Å². The Morgan fingerprint density at radius 3 is 1.30 bits per heavy atom. The number of hydrogen-bond acceptors (Lipinski definition) is 9. The molecule has 0 amide bonds. The van der Waals surface area contributed by atoms with Gasteiger partial charge >= 0.3 is 17.9 Å². The molecular weight excluding hydrogens is 637 g/mol. The first-order valence-corrected chi connectivity index (χ1v) is 19.6. The van der Waals surface area contributed by atoms with Crippen LogP contribution in [0.4, 0.5) is 0 Å². The summed E-state index contributed by atoms with van der Waals surface area (Å²) < 4.78 is 16.3. The normalized spacial score (nSPS) is 36.8. The first-order valence-electron chi connectivity index (χ1n) is 17.7. The zero-order valence-corrected chi connectivity index (χ0v) is 32.9. The van der Waals surface area contributed by atoms with Crippen molar-refractivity contribution in [2.24, 2.45) is 53.3 Å². The van der Waals surface area contributed by atoms with Crippen LogP contribution in [0.1, 0.15) is 127 Å². The molecule has 0 aromatic rings. The second-order valence-corrected chi connectivity index (χ2v) is 19.0. The maximum absolute atomic E-state index is 11.9. The smallest absolute Gasteiger partial charge is 0.309 e. The van der Waals surface area contributed by atoms with E-state index < -0.39 is 0 Å². The van der Waals surface area contributed by atoms with Gasteiger partial charge in [0.25, 0.3) is 0 Å². The largest absolute Gasteiger partial charge is 0.460 e. The Hall–Kier alpha value is -0.540. The molecule has 6 fully saturated rings. The zero-order chi connectivity index (χ0) is 34.8. The number of esters is 3. The molecule has 0 radical (unpaired) electrons. The van der Waals surface area contributed by atoms with E-state index >= 15 is 0 Å². The molecule has 0 spiro atoms. The summed E-state index contributed by atoms with van der Waals surface area (Å²) in [6.07, 6.45) is 13.3. The van der Waals surface area contributed by atoms with Gasteiger partial charge < -0.3 is 14.2 Å². The number of ether oxygens (including phenoxy) is 3. The molecule has 6 saturated carbocycles. The maximum atomic E-state index is 11.9. The summed E-state index contributed by atoms with van der Waals surface area (Å²) in [4.78, 5) is 35.7. The van der Waals surface area contributed by atoms with E-state index in [4.69, 9.17) is 14.2 Å². The average Bonchev–Trinajstić information content (AvgIpc) is 3.76. The van der Waals surface area contributed by atoms with Gasteiger partial charge in [-0.1, -0.05) is 6.42 Å². The number of fused-ring (bicyclic) bond motifs is 6. The van der Waals surface area contributed by atoms with Crippen LogP contribution in [0, 0.1) is 53.3 Å². The molecule has 0 aliphatic heterocycles. The zero-order valence-electron chi connectivity index (χ0n) is 30.2. The van der Waals surface area contributed by atoms with Gasteiger partial charge in [0.05, 0.1) is 17.8 Å². The van der Waals surface area contributed by atoms with Crippen LogP contribution in [0.5, 0.6) is 0 Å². The van der Waals surface area contributed by atoms with Gasteiger partial charge in [-0.05, 0) is 162 Å². The third kappa shape index (κ3) is 11.2. The molecule has 0 N–H and O–H groups in total. The predicted octanol–water partition coefficient (Wildman–Crippen LogP) is 8.66. The molecule has 11 atom stereocenters. The summed E-state index contributed by atoms with van der Waals surface area (Å²) in [7, 11) is 0. The third-order valence-electron chi connectivity index (χ3n) is 10.5. The minimum absolute atomic E-state index is 0.00579.